The molecule has 37 heavy (non-hydrogen) atoms. The fourth-order valence-electron chi connectivity index (χ4n) is 7.78. The van der Waals surface area contributed by atoms with Crippen LogP contribution in [0.15, 0.2) is 36.7 Å². The quantitative estimate of drug-likeness (QED) is 0.554. The van der Waals surface area contributed by atoms with Gasteiger partial charge < -0.3 is 24.8 Å². The van der Waals surface area contributed by atoms with E-state index in [0.717, 1.165) is 82.1 Å². The van der Waals surface area contributed by atoms with Crippen molar-refractivity contribution in [3.05, 3.63) is 53.9 Å². The summed E-state index contributed by atoms with van der Waals surface area (Å²) >= 11 is 0. The van der Waals surface area contributed by atoms with E-state index < -0.39 is 0 Å². The molecule has 0 spiro atoms. The molecule has 7 nitrogen and oxygen atoms in total. The number of piperidine rings is 1. The summed E-state index contributed by atoms with van der Waals surface area (Å²) < 4.78 is 22.2. The first-order valence-electron chi connectivity index (χ1n) is 14.0. The number of nitrogens with zero attached hydrogens (tertiary/aromatic N) is 3. The number of hydrogen-bond acceptors (Lipinski definition) is 5. The lowest BCUT2D eigenvalue weighted by atomic mass is 9.55. The first kappa shape index (κ1) is 26.2. The molecular weight excluding hydrogens is 469 g/mol. The van der Waals surface area contributed by atoms with Crippen molar-refractivity contribution in [2.75, 3.05) is 39.8 Å². The molecular formula is C29H42FN5O2. The van der Waals surface area contributed by atoms with Gasteiger partial charge in [-0.3, -0.25) is 0 Å². The summed E-state index contributed by atoms with van der Waals surface area (Å²) in [5.74, 6) is 1.99. The van der Waals surface area contributed by atoms with E-state index in [1.165, 1.54) is 13.2 Å². The molecule has 1 saturated carbocycles. The van der Waals surface area contributed by atoms with Crippen LogP contribution in [0.3, 0.4) is 0 Å². The van der Waals surface area contributed by atoms with Crippen molar-refractivity contribution in [2.45, 2.75) is 63.5 Å². The first-order valence-corrected chi connectivity index (χ1v) is 14.0. The van der Waals surface area contributed by atoms with Gasteiger partial charge in [0.25, 0.3) is 0 Å². The van der Waals surface area contributed by atoms with Crippen LogP contribution in [0.2, 0.25) is 0 Å². The molecule has 2 saturated heterocycles. The summed E-state index contributed by atoms with van der Waals surface area (Å²) in [6.07, 6.45) is 8.55. The van der Waals surface area contributed by atoms with Crippen LogP contribution in [0.25, 0.3) is 0 Å². The number of carbonyl (C=O) groups is 1. The summed E-state index contributed by atoms with van der Waals surface area (Å²) in [6, 6.07) is 7.27. The standard InChI is InChI=1S/C29H42FN5O2/c1-20(35-15-12-32-21(35)2)29(24-6-4-7-25(30)16-24,26-8-5-9-27(26)33-28(36)37-3)23-10-13-34(14-11-23)19-22-17-31-18-22/h4,6-7,12,15-16,20,22-23,26-27,31H,5,8-11,13-14,17-19H2,1-3H3,(H,33,36)/t20-,26-,27-,29-/m0/s1. The van der Waals surface area contributed by atoms with Gasteiger partial charge in [0.1, 0.15) is 11.6 Å². The van der Waals surface area contributed by atoms with E-state index in [9.17, 15) is 9.18 Å². The van der Waals surface area contributed by atoms with Crippen molar-refractivity contribution in [3.8, 4) is 0 Å². The van der Waals surface area contributed by atoms with Gasteiger partial charge in [-0.15, -0.1) is 0 Å². The number of nitrogens with one attached hydrogen (secondary N) is 2. The van der Waals surface area contributed by atoms with Crippen LogP contribution < -0.4 is 10.6 Å². The molecule has 1 amide bonds. The second kappa shape index (κ2) is 11.1. The summed E-state index contributed by atoms with van der Waals surface area (Å²) in [5.41, 5.74) is 0.665. The van der Waals surface area contributed by atoms with Crippen LogP contribution in [0.4, 0.5) is 9.18 Å². The van der Waals surface area contributed by atoms with Gasteiger partial charge in [-0.2, -0.15) is 0 Å². The Morgan fingerprint density at radius 2 is 2.05 bits per heavy atom. The molecule has 4 atom stereocenters. The molecule has 1 aromatic heterocycles. The van der Waals surface area contributed by atoms with E-state index in [1.807, 2.05) is 19.2 Å². The molecule has 8 heteroatoms. The van der Waals surface area contributed by atoms with Crippen LogP contribution in [-0.2, 0) is 10.2 Å². The molecule has 0 radical (unpaired) electrons. The predicted molar refractivity (Wildman–Crippen MR) is 142 cm³/mol. The largest absolute Gasteiger partial charge is 0.453 e. The summed E-state index contributed by atoms with van der Waals surface area (Å²) in [7, 11) is 1.42. The van der Waals surface area contributed by atoms with E-state index >= 15 is 0 Å². The van der Waals surface area contributed by atoms with Crippen molar-refractivity contribution >= 4 is 6.09 Å². The Hall–Kier alpha value is -2.45. The number of methoxy groups -OCH3 is 1. The van der Waals surface area contributed by atoms with Crippen LogP contribution in [0.5, 0.6) is 0 Å². The Morgan fingerprint density at radius 1 is 1.27 bits per heavy atom. The van der Waals surface area contributed by atoms with Gasteiger partial charge >= 0.3 is 6.09 Å². The number of halogens is 1. The van der Waals surface area contributed by atoms with Gasteiger partial charge in [0.2, 0.25) is 0 Å². The van der Waals surface area contributed by atoms with Crippen LogP contribution in [0.1, 0.15) is 56.5 Å². The van der Waals surface area contributed by atoms with E-state index in [0.29, 0.717) is 5.92 Å². The van der Waals surface area contributed by atoms with Crippen LogP contribution in [-0.4, -0.2) is 66.4 Å². The van der Waals surface area contributed by atoms with Crippen molar-refractivity contribution < 1.29 is 13.9 Å². The number of benzene rings is 1. The average Bonchev–Trinajstić information content (AvgIpc) is 3.51. The predicted octanol–water partition coefficient (Wildman–Crippen LogP) is 4.29. The van der Waals surface area contributed by atoms with Crippen molar-refractivity contribution in [1.29, 1.82) is 0 Å². The molecule has 1 aliphatic carbocycles. The number of aromatic nitrogens is 2. The Morgan fingerprint density at radius 3 is 2.68 bits per heavy atom. The van der Waals surface area contributed by atoms with Gasteiger partial charge in [0.15, 0.2) is 0 Å². The average molecular weight is 512 g/mol. The number of likely N-dealkylation sites (tertiary alicyclic amines) is 1. The van der Waals surface area contributed by atoms with E-state index in [1.54, 1.807) is 6.07 Å². The van der Waals surface area contributed by atoms with Gasteiger partial charge in [0.05, 0.1) is 7.11 Å². The molecule has 2 N–H and O–H groups in total. The number of ether oxygens (including phenoxy) is 1. The molecule has 0 bridgehead atoms. The smallest absolute Gasteiger partial charge is 0.407 e. The van der Waals surface area contributed by atoms with Gasteiger partial charge in [-0.1, -0.05) is 18.6 Å². The Bertz CT molecular complexity index is 1060. The summed E-state index contributed by atoms with van der Waals surface area (Å²) in [5, 5.41) is 6.57. The van der Waals surface area contributed by atoms with E-state index in [2.05, 4.69) is 44.3 Å². The van der Waals surface area contributed by atoms with Gasteiger partial charge in [-0.05, 0) is 88.1 Å². The minimum atomic E-state index is -0.388. The lowest BCUT2D eigenvalue weighted by molar-refractivity contribution is 0.0329. The topological polar surface area (TPSA) is 71.4 Å². The maximum atomic E-state index is 14.9. The molecule has 3 fully saturated rings. The second-order valence-electron chi connectivity index (χ2n) is 11.4. The zero-order valence-electron chi connectivity index (χ0n) is 22.5. The Labute approximate surface area is 220 Å². The molecule has 1 aromatic carbocycles. The maximum absolute atomic E-state index is 14.9. The molecule has 3 aliphatic rings. The normalized spacial score (nSPS) is 25.8. The Balaban J connectivity index is 1.58. The number of imidazole rings is 1. The third-order valence-corrected chi connectivity index (χ3v) is 9.56. The SMILES string of the molecule is COC(=O)N[C@H]1CCC[C@@H]1[C@](c1cccc(F)c1)(C1CCN(CC2CNC2)CC1)[C@H](C)n1ccnc1C. The maximum Gasteiger partial charge on any atom is 0.407 e. The molecule has 5 rings (SSSR count). The Kier molecular flexibility index (Phi) is 7.86. The lowest BCUT2D eigenvalue weighted by Gasteiger charge is -2.54. The minimum Gasteiger partial charge on any atom is -0.453 e. The third kappa shape index (κ3) is 5.02. The van der Waals surface area contributed by atoms with Gasteiger partial charge in [-0.25, -0.2) is 14.2 Å². The van der Waals surface area contributed by atoms with Gasteiger partial charge in [0, 0.05) is 49.5 Å². The molecule has 202 valence electrons. The van der Waals surface area contributed by atoms with E-state index in [4.69, 9.17) is 4.74 Å². The molecule has 2 aromatic rings. The fraction of sp³-hybridized carbons (Fsp3) is 0.655. The van der Waals surface area contributed by atoms with Crippen LogP contribution in [0, 0.1) is 30.5 Å². The fourth-order valence-corrected chi connectivity index (χ4v) is 7.78. The highest BCUT2D eigenvalue weighted by Crippen LogP contribution is 2.56. The highest BCUT2D eigenvalue weighted by Gasteiger charge is 2.55. The highest BCUT2D eigenvalue weighted by molar-refractivity contribution is 5.67. The van der Waals surface area contributed by atoms with Crippen LogP contribution >= 0.6 is 0 Å². The summed E-state index contributed by atoms with van der Waals surface area (Å²) in [4.78, 5) is 19.6. The zero-order valence-corrected chi connectivity index (χ0v) is 22.5. The molecule has 3 heterocycles. The molecule has 2 aliphatic heterocycles. The van der Waals surface area contributed by atoms with Crippen molar-refractivity contribution in [3.63, 3.8) is 0 Å². The molecule has 0 unspecified atom stereocenters. The number of hydrogen-bond donors (Lipinski definition) is 2. The minimum absolute atomic E-state index is 0.0268. The number of alkyl carbamates (subject to hydrolysis) is 1. The summed E-state index contributed by atoms with van der Waals surface area (Å²) in [6.45, 7) is 9.81. The monoisotopic (exact) mass is 511 g/mol. The highest BCUT2D eigenvalue weighted by atomic mass is 19.1. The number of rotatable bonds is 8. The third-order valence-electron chi connectivity index (χ3n) is 9.56. The van der Waals surface area contributed by atoms with Crippen molar-refractivity contribution in [2.24, 2.45) is 17.8 Å². The second-order valence-corrected chi connectivity index (χ2v) is 11.4. The van der Waals surface area contributed by atoms with E-state index in [-0.39, 0.29) is 35.3 Å². The first-order chi connectivity index (χ1) is 17.9. The number of carbonyl (C=O) groups excluding carboxylic acids is 1. The lowest BCUT2D eigenvalue weighted by Crippen LogP contribution is -2.57. The zero-order chi connectivity index (χ0) is 26.0. The number of aryl methyl sites for hydroxylation is 1. The number of amides is 1. The van der Waals surface area contributed by atoms with Crippen molar-refractivity contribution in [1.82, 2.24) is 25.1 Å².